The van der Waals surface area contributed by atoms with Crippen molar-refractivity contribution in [2.45, 2.75) is 38.3 Å². The highest BCUT2D eigenvalue weighted by Crippen LogP contribution is 2.24. The second-order valence-corrected chi connectivity index (χ2v) is 5.80. The topological polar surface area (TPSA) is 41.1 Å². The number of benzene rings is 2. The summed E-state index contributed by atoms with van der Waals surface area (Å²) in [7, 11) is 0. The van der Waals surface area contributed by atoms with Gasteiger partial charge in [-0.1, -0.05) is 48.9 Å². The third kappa shape index (κ3) is 3.60. The minimum Gasteiger partial charge on any atom is -0.348 e. The predicted octanol–water partition coefficient (Wildman–Crippen LogP) is 3.58. The van der Waals surface area contributed by atoms with Crippen LogP contribution >= 0.6 is 12.4 Å². The van der Waals surface area contributed by atoms with E-state index >= 15 is 0 Å². The molecule has 22 heavy (non-hydrogen) atoms. The quantitative estimate of drug-likeness (QED) is 0.908. The van der Waals surface area contributed by atoms with Crippen LogP contribution in [0.2, 0.25) is 0 Å². The Labute approximate surface area is 137 Å². The lowest BCUT2D eigenvalue weighted by Crippen LogP contribution is -2.47. The SMILES string of the molecule is CC(NC(=O)[C@@H]1CCCCN1)c1cccc2ccccc12.Cl. The first-order chi connectivity index (χ1) is 10.3. The molecule has 0 aliphatic carbocycles. The van der Waals surface area contributed by atoms with Crippen LogP contribution < -0.4 is 10.6 Å². The van der Waals surface area contributed by atoms with E-state index in [9.17, 15) is 4.79 Å². The minimum atomic E-state index is -0.0313. The molecule has 0 bridgehead atoms. The Bertz CT molecular complexity index is 633. The fourth-order valence-corrected chi connectivity index (χ4v) is 3.10. The van der Waals surface area contributed by atoms with E-state index < -0.39 is 0 Å². The molecule has 2 aromatic rings. The van der Waals surface area contributed by atoms with Crippen LogP contribution in [0.15, 0.2) is 42.5 Å². The molecule has 118 valence electrons. The summed E-state index contributed by atoms with van der Waals surface area (Å²) >= 11 is 0. The first kappa shape index (κ1) is 16.8. The fourth-order valence-electron chi connectivity index (χ4n) is 3.10. The zero-order chi connectivity index (χ0) is 14.7. The normalized spacial score (nSPS) is 19.2. The number of carbonyl (C=O) groups is 1. The number of amides is 1. The van der Waals surface area contributed by atoms with Gasteiger partial charge in [-0.25, -0.2) is 0 Å². The van der Waals surface area contributed by atoms with E-state index in [0.29, 0.717) is 0 Å². The smallest absolute Gasteiger partial charge is 0.237 e. The number of halogens is 1. The molecule has 1 saturated heterocycles. The predicted molar refractivity (Wildman–Crippen MR) is 93.4 cm³/mol. The lowest BCUT2D eigenvalue weighted by atomic mass is 9.98. The van der Waals surface area contributed by atoms with Gasteiger partial charge in [-0.05, 0) is 42.6 Å². The van der Waals surface area contributed by atoms with E-state index in [0.717, 1.165) is 19.4 Å². The van der Waals surface area contributed by atoms with Gasteiger partial charge >= 0.3 is 0 Å². The van der Waals surface area contributed by atoms with Crippen molar-refractivity contribution in [2.24, 2.45) is 0 Å². The molecule has 1 aliphatic heterocycles. The van der Waals surface area contributed by atoms with Crippen LogP contribution in [0.4, 0.5) is 0 Å². The summed E-state index contributed by atoms with van der Waals surface area (Å²) in [6.07, 6.45) is 3.24. The lowest BCUT2D eigenvalue weighted by Gasteiger charge is -2.25. The largest absolute Gasteiger partial charge is 0.348 e. The van der Waals surface area contributed by atoms with E-state index in [2.05, 4.69) is 47.9 Å². The Balaban J connectivity index is 0.00000176. The van der Waals surface area contributed by atoms with Crippen molar-refractivity contribution in [2.75, 3.05) is 6.54 Å². The summed E-state index contributed by atoms with van der Waals surface area (Å²) in [5, 5.41) is 8.88. The lowest BCUT2D eigenvalue weighted by molar-refractivity contribution is -0.124. The summed E-state index contributed by atoms with van der Waals surface area (Å²) in [4.78, 5) is 12.3. The maximum Gasteiger partial charge on any atom is 0.237 e. The van der Waals surface area contributed by atoms with Crippen LogP contribution in [0.3, 0.4) is 0 Å². The first-order valence-electron chi connectivity index (χ1n) is 7.77. The molecule has 1 unspecified atom stereocenters. The average molecular weight is 319 g/mol. The van der Waals surface area contributed by atoms with E-state index in [1.54, 1.807) is 0 Å². The Kier molecular flexibility index (Phi) is 5.81. The molecule has 0 aromatic heterocycles. The molecule has 1 aliphatic rings. The van der Waals surface area contributed by atoms with Gasteiger partial charge in [-0.3, -0.25) is 4.79 Å². The van der Waals surface area contributed by atoms with Gasteiger partial charge in [0.15, 0.2) is 0 Å². The number of fused-ring (bicyclic) bond motifs is 1. The van der Waals surface area contributed by atoms with Gasteiger partial charge in [0.2, 0.25) is 5.91 Å². The number of hydrogen-bond donors (Lipinski definition) is 2. The van der Waals surface area contributed by atoms with E-state index in [1.807, 2.05) is 12.1 Å². The molecule has 1 fully saturated rings. The van der Waals surface area contributed by atoms with Crippen LogP contribution in [0.5, 0.6) is 0 Å². The van der Waals surface area contributed by atoms with Gasteiger partial charge < -0.3 is 10.6 Å². The van der Waals surface area contributed by atoms with Crippen molar-refractivity contribution in [3.63, 3.8) is 0 Å². The average Bonchev–Trinajstić information content (AvgIpc) is 2.55. The van der Waals surface area contributed by atoms with Gasteiger partial charge in [0.1, 0.15) is 0 Å². The van der Waals surface area contributed by atoms with Crippen molar-refractivity contribution < 1.29 is 4.79 Å². The maximum atomic E-state index is 12.3. The molecule has 0 radical (unpaired) electrons. The van der Waals surface area contributed by atoms with Gasteiger partial charge in [-0.2, -0.15) is 0 Å². The number of hydrogen-bond acceptors (Lipinski definition) is 2. The van der Waals surface area contributed by atoms with Crippen LogP contribution in [-0.4, -0.2) is 18.5 Å². The van der Waals surface area contributed by atoms with E-state index in [1.165, 1.54) is 22.8 Å². The van der Waals surface area contributed by atoms with Gasteiger partial charge in [0.25, 0.3) is 0 Å². The standard InChI is InChI=1S/C18H22N2O.ClH/c1-13(20-18(21)17-11-4-5-12-19-17)15-10-6-8-14-7-2-3-9-16(14)15;/h2-3,6-10,13,17,19H,4-5,11-12H2,1H3,(H,20,21);1H/t13?,17-;/m0./s1. The van der Waals surface area contributed by atoms with Crippen molar-refractivity contribution in [3.8, 4) is 0 Å². The molecule has 0 spiro atoms. The molecule has 2 aromatic carbocycles. The highest BCUT2D eigenvalue weighted by atomic mass is 35.5. The number of piperidine rings is 1. The van der Waals surface area contributed by atoms with Crippen LogP contribution in [0.1, 0.15) is 37.8 Å². The first-order valence-corrected chi connectivity index (χ1v) is 7.77. The second kappa shape index (κ2) is 7.61. The highest BCUT2D eigenvalue weighted by molar-refractivity contribution is 5.87. The Hall–Kier alpha value is -1.58. The third-order valence-corrected chi connectivity index (χ3v) is 4.28. The minimum absolute atomic E-state index is 0. The van der Waals surface area contributed by atoms with Crippen LogP contribution in [0, 0.1) is 0 Å². The molecule has 2 N–H and O–H groups in total. The molecular weight excluding hydrogens is 296 g/mol. The molecular formula is C18H23ClN2O. The van der Waals surface area contributed by atoms with Crippen LogP contribution in [0.25, 0.3) is 10.8 Å². The maximum absolute atomic E-state index is 12.3. The highest BCUT2D eigenvalue weighted by Gasteiger charge is 2.22. The summed E-state index contributed by atoms with van der Waals surface area (Å²) < 4.78 is 0. The zero-order valence-electron chi connectivity index (χ0n) is 12.8. The number of carbonyl (C=O) groups excluding carboxylic acids is 1. The van der Waals surface area contributed by atoms with Gasteiger partial charge in [-0.15, -0.1) is 12.4 Å². The van der Waals surface area contributed by atoms with Crippen molar-refractivity contribution >= 4 is 29.1 Å². The summed E-state index contributed by atoms with van der Waals surface area (Å²) in [5.41, 5.74) is 1.18. The van der Waals surface area contributed by atoms with Gasteiger partial charge in [0, 0.05) is 0 Å². The number of nitrogens with one attached hydrogen (secondary N) is 2. The Morgan fingerprint density at radius 1 is 1.18 bits per heavy atom. The summed E-state index contributed by atoms with van der Waals surface area (Å²) in [5.74, 6) is 0.120. The van der Waals surface area contributed by atoms with Gasteiger partial charge in [0.05, 0.1) is 12.1 Å². The fraction of sp³-hybridized carbons (Fsp3) is 0.389. The Morgan fingerprint density at radius 2 is 1.95 bits per heavy atom. The van der Waals surface area contributed by atoms with Crippen molar-refractivity contribution in [1.82, 2.24) is 10.6 Å². The second-order valence-electron chi connectivity index (χ2n) is 5.80. The number of rotatable bonds is 3. The van der Waals surface area contributed by atoms with E-state index in [-0.39, 0.29) is 30.4 Å². The molecule has 0 saturated carbocycles. The van der Waals surface area contributed by atoms with Crippen molar-refractivity contribution in [3.05, 3.63) is 48.0 Å². The molecule has 1 heterocycles. The molecule has 3 nitrogen and oxygen atoms in total. The zero-order valence-corrected chi connectivity index (χ0v) is 13.7. The molecule has 1 amide bonds. The summed E-state index contributed by atoms with van der Waals surface area (Å²) in [6.45, 7) is 3.00. The van der Waals surface area contributed by atoms with E-state index in [4.69, 9.17) is 0 Å². The van der Waals surface area contributed by atoms with Crippen LogP contribution in [-0.2, 0) is 4.79 Å². The van der Waals surface area contributed by atoms with Crippen molar-refractivity contribution in [1.29, 1.82) is 0 Å². The molecule has 4 heteroatoms. The molecule has 3 rings (SSSR count). The summed E-state index contributed by atoms with van der Waals surface area (Å²) in [6, 6.07) is 14.6. The Morgan fingerprint density at radius 3 is 2.73 bits per heavy atom. The third-order valence-electron chi connectivity index (χ3n) is 4.28. The molecule has 2 atom stereocenters. The monoisotopic (exact) mass is 318 g/mol.